The number of benzene rings is 1. The first-order chi connectivity index (χ1) is 11.0. The zero-order chi connectivity index (χ0) is 16.6. The molecule has 0 radical (unpaired) electrons. The summed E-state index contributed by atoms with van der Waals surface area (Å²) in [4.78, 5) is 29.1. The van der Waals surface area contributed by atoms with Crippen LogP contribution in [0.1, 0.15) is 10.4 Å². The molecule has 3 rings (SSSR count). The molecule has 0 saturated heterocycles. The van der Waals surface area contributed by atoms with Crippen molar-refractivity contribution in [3.8, 4) is 5.88 Å². The van der Waals surface area contributed by atoms with Gasteiger partial charge >= 0.3 is 0 Å². The van der Waals surface area contributed by atoms with Gasteiger partial charge in [-0.25, -0.2) is 0 Å². The quantitative estimate of drug-likeness (QED) is 0.622. The number of rotatable bonds is 2. The van der Waals surface area contributed by atoms with Crippen molar-refractivity contribution in [3.63, 3.8) is 0 Å². The molecule has 2 N–H and O–H groups in total. The number of thiol groups is 1. The van der Waals surface area contributed by atoms with Crippen molar-refractivity contribution in [2.24, 2.45) is 0 Å². The lowest BCUT2D eigenvalue weighted by atomic mass is 10.2. The number of nitrogens with one attached hydrogen (secondary N) is 1. The van der Waals surface area contributed by atoms with E-state index in [0.29, 0.717) is 4.90 Å². The smallest absolute Gasteiger partial charge is 0.274 e. The molecule has 1 aromatic carbocycles. The summed E-state index contributed by atoms with van der Waals surface area (Å²) in [6, 6.07) is 9.70. The average Bonchev–Trinajstić information content (AvgIpc) is 2.52. The summed E-state index contributed by atoms with van der Waals surface area (Å²) in [5, 5.41) is 12.6. The summed E-state index contributed by atoms with van der Waals surface area (Å²) >= 11 is 10.2. The number of anilines is 1. The van der Waals surface area contributed by atoms with Crippen LogP contribution in [0.25, 0.3) is 5.65 Å². The fraction of sp³-hybridized carbons (Fsp3) is 0. The fourth-order valence-electron chi connectivity index (χ4n) is 2.08. The number of carbonyl (C=O) groups is 1. The minimum absolute atomic E-state index is 0.234. The largest absolute Gasteiger partial charge is 0.493 e. The molecule has 0 aliphatic rings. The number of amides is 1. The molecule has 0 unspecified atom stereocenters. The minimum Gasteiger partial charge on any atom is -0.493 e. The van der Waals surface area contributed by atoms with E-state index in [1.807, 2.05) is 0 Å². The van der Waals surface area contributed by atoms with E-state index in [9.17, 15) is 14.7 Å². The number of fused-ring (bicyclic) bond motifs is 1. The lowest BCUT2D eigenvalue weighted by Gasteiger charge is -2.09. The highest BCUT2D eigenvalue weighted by Crippen LogP contribution is 2.28. The molecule has 0 bridgehead atoms. The number of aromatic hydroxyl groups is 1. The molecule has 6 nitrogen and oxygen atoms in total. The monoisotopic (exact) mass is 347 g/mol. The van der Waals surface area contributed by atoms with Crippen LogP contribution in [0, 0.1) is 0 Å². The molecule has 0 saturated carbocycles. The Morgan fingerprint density at radius 2 is 2.04 bits per heavy atom. The van der Waals surface area contributed by atoms with Crippen LogP contribution in [0.5, 0.6) is 5.88 Å². The predicted octanol–water partition coefficient (Wildman–Crippen LogP) is 2.59. The molecule has 23 heavy (non-hydrogen) atoms. The van der Waals surface area contributed by atoms with Gasteiger partial charge in [0.15, 0.2) is 5.56 Å². The van der Waals surface area contributed by atoms with Gasteiger partial charge in [-0.05, 0) is 24.3 Å². The number of pyridine rings is 1. The van der Waals surface area contributed by atoms with Gasteiger partial charge in [0.25, 0.3) is 11.5 Å². The molecule has 0 fully saturated rings. The SMILES string of the molecule is O=C(Nc1cccc(S)c1Cl)c1c(O)nc2ccccn2c1=O. The molecule has 0 spiro atoms. The van der Waals surface area contributed by atoms with Crippen LogP contribution in [0.2, 0.25) is 5.02 Å². The van der Waals surface area contributed by atoms with Gasteiger partial charge in [-0.2, -0.15) is 4.98 Å². The molecule has 0 aliphatic heterocycles. The van der Waals surface area contributed by atoms with Crippen LogP contribution in [0.15, 0.2) is 52.3 Å². The lowest BCUT2D eigenvalue weighted by molar-refractivity contribution is 0.102. The van der Waals surface area contributed by atoms with E-state index in [4.69, 9.17) is 11.6 Å². The standard InChI is InChI=1S/C15H10ClN3O3S/c16-12-8(4-3-5-9(12)23)17-13(20)11-14(21)18-10-6-1-2-7-19(10)15(11)22/h1-7,21,23H,(H,17,20). The lowest BCUT2D eigenvalue weighted by Crippen LogP contribution is -2.27. The van der Waals surface area contributed by atoms with E-state index >= 15 is 0 Å². The van der Waals surface area contributed by atoms with Crippen molar-refractivity contribution in [2.45, 2.75) is 4.90 Å². The highest BCUT2D eigenvalue weighted by molar-refractivity contribution is 7.80. The Kier molecular flexibility index (Phi) is 3.97. The second-order valence-electron chi connectivity index (χ2n) is 4.64. The van der Waals surface area contributed by atoms with Crippen molar-refractivity contribution in [1.82, 2.24) is 9.38 Å². The second-order valence-corrected chi connectivity index (χ2v) is 5.50. The van der Waals surface area contributed by atoms with E-state index in [-0.39, 0.29) is 16.4 Å². The van der Waals surface area contributed by atoms with E-state index in [1.54, 1.807) is 36.4 Å². The first-order valence-electron chi connectivity index (χ1n) is 6.48. The predicted molar refractivity (Wildman–Crippen MR) is 89.8 cm³/mol. The third kappa shape index (κ3) is 2.76. The summed E-state index contributed by atoms with van der Waals surface area (Å²) in [5.41, 5.74) is -0.624. The number of aromatic nitrogens is 2. The summed E-state index contributed by atoms with van der Waals surface area (Å²) < 4.78 is 1.17. The van der Waals surface area contributed by atoms with Gasteiger partial charge < -0.3 is 10.4 Å². The Hall–Kier alpha value is -2.51. The normalized spacial score (nSPS) is 10.7. The van der Waals surface area contributed by atoms with Crippen molar-refractivity contribution in [3.05, 3.63) is 63.5 Å². The van der Waals surface area contributed by atoms with Gasteiger partial charge in [-0.3, -0.25) is 14.0 Å². The van der Waals surface area contributed by atoms with Gasteiger partial charge in [0, 0.05) is 11.1 Å². The Balaban J connectivity index is 2.08. The first-order valence-corrected chi connectivity index (χ1v) is 7.30. The Morgan fingerprint density at radius 1 is 1.26 bits per heavy atom. The number of hydrogen-bond acceptors (Lipinski definition) is 5. The highest BCUT2D eigenvalue weighted by Gasteiger charge is 2.20. The maximum atomic E-state index is 12.4. The molecule has 0 aliphatic carbocycles. The molecule has 2 aromatic heterocycles. The van der Waals surface area contributed by atoms with Crippen LogP contribution in [0.3, 0.4) is 0 Å². The molecule has 0 atom stereocenters. The summed E-state index contributed by atoms with van der Waals surface area (Å²) in [5.74, 6) is -1.45. The van der Waals surface area contributed by atoms with E-state index in [1.165, 1.54) is 10.6 Å². The Labute approximate surface area is 140 Å². The van der Waals surface area contributed by atoms with Gasteiger partial charge in [0.05, 0.1) is 10.7 Å². The van der Waals surface area contributed by atoms with Crippen molar-refractivity contribution in [1.29, 1.82) is 0 Å². The summed E-state index contributed by atoms with van der Waals surface area (Å²) in [6.45, 7) is 0. The van der Waals surface area contributed by atoms with Crippen molar-refractivity contribution >= 4 is 41.5 Å². The van der Waals surface area contributed by atoms with Crippen LogP contribution < -0.4 is 10.9 Å². The molecule has 116 valence electrons. The van der Waals surface area contributed by atoms with Crippen LogP contribution in [0.4, 0.5) is 5.69 Å². The minimum atomic E-state index is -0.806. The van der Waals surface area contributed by atoms with Gasteiger partial charge in [-0.1, -0.05) is 23.7 Å². The van der Waals surface area contributed by atoms with E-state index in [2.05, 4.69) is 22.9 Å². The van der Waals surface area contributed by atoms with Crippen LogP contribution >= 0.6 is 24.2 Å². The molecule has 1 amide bonds. The Bertz CT molecular complexity index is 987. The molecule has 3 aromatic rings. The van der Waals surface area contributed by atoms with Gasteiger partial charge in [0.2, 0.25) is 5.88 Å². The number of halogens is 1. The number of nitrogens with zero attached hydrogens (tertiary/aromatic N) is 2. The average molecular weight is 348 g/mol. The maximum absolute atomic E-state index is 12.4. The van der Waals surface area contributed by atoms with Crippen LogP contribution in [-0.4, -0.2) is 20.4 Å². The topological polar surface area (TPSA) is 83.7 Å². The fourth-order valence-corrected chi connectivity index (χ4v) is 2.46. The van der Waals surface area contributed by atoms with Crippen molar-refractivity contribution < 1.29 is 9.90 Å². The second kappa shape index (κ2) is 5.94. The number of hydrogen-bond donors (Lipinski definition) is 3. The molecular weight excluding hydrogens is 338 g/mol. The summed E-state index contributed by atoms with van der Waals surface area (Å²) in [7, 11) is 0. The summed E-state index contributed by atoms with van der Waals surface area (Å²) in [6.07, 6.45) is 1.46. The van der Waals surface area contributed by atoms with Gasteiger partial charge in [0.1, 0.15) is 5.65 Å². The molecule has 8 heteroatoms. The number of carbonyl (C=O) groups excluding carboxylic acids is 1. The van der Waals surface area contributed by atoms with E-state index < -0.39 is 22.9 Å². The molecule has 2 heterocycles. The highest BCUT2D eigenvalue weighted by atomic mass is 35.5. The molecular formula is C15H10ClN3O3S. The Morgan fingerprint density at radius 3 is 2.83 bits per heavy atom. The van der Waals surface area contributed by atoms with Gasteiger partial charge in [-0.15, -0.1) is 12.6 Å². The third-order valence-corrected chi connectivity index (χ3v) is 4.08. The van der Waals surface area contributed by atoms with Crippen LogP contribution in [-0.2, 0) is 0 Å². The third-order valence-electron chi connectivity index (χ3n) is 3.17. The zero-order valence-electron chi connectivity index (χ0n) is 11.5. The van der Waals surface area contributed by atoms with E-state index in [0.717, 1.165) is 0 Å². The maximum Gasteiger partial charge on any atom is 0.274 e. The van der Waals surface area contributed by atoms with Crippen molar-refractivity contribution in [2.75, 3.05) is 5.32 Å². The first kappa shape index (κ1) is 15.4. The zero-order valence-corrected chi connectivity index (χ0v) is 13.2.